The highest BCUT2D eigenvalue weighted by Crippen LogP contribution is 2.30. The molecule has 1 nitrogen and oxygen atoms in total. The summed E-state index contributed by atoms with van der Waals surface area (Å²) in [7, 11) is 0. The van der Waals surface area contributed by atoms with Crippen molar-refractivity contribution in [3.63, 3.8) is 0 Å². The molecule has 0 aliphatic carbocycles. The van der Waals surface area contributed by atoms with E-state index in [-0.39, 0.29) is 11.2 Å². The van der Waals surface area contributed by atoms with Crippen LogP contribution in [0.1, 0.15) is 44.0 Å². The van der Waals surface area contributed by atoms with Gasteiger partial charge in [-0.2, -0.15) is 0 Å². The first-order chi connectivity index (χ1) is 7.91. The zero-order valence-electron chi connectivity index (χ0n) is 10.7. The Morgan fingerprint density at radius 2 is 1.82 bits per heavy atom. The van der Waals surface area contributed by atoms with Crippen molar-refractivity contribution in [1.29, 1.82) is 0 Å². The maximum Gasteiger partial charge on any atom is 0.163 e. The van der Waals surface area contributed by atoms with Crippen molar-refractivity contribution >= 4 is 21.7 Å². The number of carbonyl (C=O) groups is 1. The summed E-state index contributed by atoms with van der Waals surface area (Å²) in [4.78, 5) is 11.8. The van der Waals surface area contributed by atoms with Gasteiger partial charge >= 0.3 is 0 Å². The summed E-state index contributed by atoms with van der Waals surface area (Å²) in [5.74, 6) is 0.205. The third kappa shape index (κ3) is 4.86. The van der Waals surface area contributed by atoms with Gasteiger partial charge in [0.25, 0.3) is 0 Å². The van der Waals surface area contributed by atoms with Gasteiger partial charge in [-0.3, -0.25) is 4.79 Å². The first-order valence-electron chi connectivity index (χ1n) is 5.85. The van der Waals surface area contributed by atoms with Gasteiger partial charge in [-0.05, 0) is 16.3 Å². The second kappa shape index (κ2) is 6.15. The first-order valence-corrected chi connectivity index (χ1v) is 6.65. The minimum atomic E-state index is 0.121. The predicted molar refractivity (Wildman–Crippen MR) is 76.5 cm³/mol. The topological polar surface area (TPSA) is 17.1 Å². The largest absolute Gasteiger partial charge is 0.294 e. The highest BCUT2D eigenvalue weighted by Gasteiger charge is 2.13. The van der Waals surface area contributed by atoms with Crippen LogP contribution in [0.3, 0.4) is 0 Å². The van der Waals surface area contributed by atoms with Crippen LogP contribution in [0.4, 0.5) is 0 Å². The standard InChI is InChI=1S/C15H19BrO/c1-15(2,3)14(16)11-7-10-13(17)12-8-5-4-6-9-12/h4-6,8-9,11H,7,10H2,1-3H3/b14-11-. The average Bonchev–Trinajstić information content (AvgIpc) is 2.28. The SMILES string of the molecule is CC(C)(C)/C(Br)=C/CCC(=O)c1ccccc1. The minimum absolute atomic E-state index is 0.121. The molecule has 0 unspecified atom stereocenters. The van der Waals surface area contributed by atoms with Gasteiger partial charge in [0, 0.05) is 12.0 Å². The van der Waals surface area contributed by atoms with Crippen LogP contribution in [0.15, 0.2) is 40.9 Å². The Labute approximate surface area is 112 Å². The second-order valence-corrected chi connectivity index (χ2v) is 5.98. The monoisotopic (exact) mass is 294 g/mol. The third-order valence-electron chi connectivity index (χ3n) is 2.51. The molecule has 0 aliphatic rings. The zero-order valence-corrected chi connectivity index (χ0v) is 12.3. The normalized spacial score (nSPS) is 12.6. The van der Waals surface area contributed by atoms with Crippen LogP contribution in [-0.4, -0.2) is 5.78 Å². The highest BCUT2D eigenvalue weighted by atomic mass is 79.9. The van der Waals surface area contributed by atoms with Crippen molar-refractivity contribution in [2.24, 2.45) is 5.41 Å². The van der Waals surface area contributed by atoms with Crippen molar-refractivity contribution < 1.29 is 4.79 Å². The van der Waals surface area contributed by atoms with Crippen LogP contribution in [0, 0.1) is 5.41 Å². The fraction of sp³-hybridized carbons (Fsp3) is 0.400. The van der Waals surface area contributed by atoms with E-state index < -0.39 is 0 Å². The molecule has 1 aromatic carbocycles. The molecule has 0 saturated heterocycles. The van der Waals surface area contributed by atoms with E-state index in [4.69, 9.17) is 0 Å². The van der Waals surface area contributed by atoms with E-state index in [0.717, 1.165) is 16.5 Å². The van der Waals surface area contributed by atoms with E-state index in [1.807, 2.05) is 30.3 Å². The van der Waals surface area contributed by atoms with Gasteiger partial charge in [-0.1, -0.05) is 73.1 Å². The van der Waals surface area contributed by atoms with Crippen molar-refractivity contribution in [2.75, 3.05) is 0 Å². The molecule has 0 heterocycles. The minimum Gasteiger partial charge on any atom is -0.294 e. The fourth-order valence-electron chi connectivity index (χ4n) is 1.40. The lowest BCUT2D eigenvalue weighted by atomic mass is 9.95. The smallest absolute Gasteiger partial charge is 0.163 e. The van der Waals surface area contributed by atoms with Gasteiger partial charge in [0.1, 0.15) is 0 Å². The molecule has 0 saturated carbocycles. The lowest BCUT2D eigenvalue weighted by Crippen LogP contribution is -2.04. The van der Waals surface area contributed by atoms with Crippen LogP contribution in [0.5, 0.6) is 0 Å². The van der Waals surface area contributed by atoms with Gasteiger partial charge in [0.05, 0.1) is 0 Å². The zero-order chi connectivity index (χ0) is 12.9. The van der Waals surface area contributed by atoms with Gasteiger partial charge in [0.15, 0.2) is 5.78 Å². The molecular weight excluding hydrogens is 276 g/mol. The molecule has 0 spiro atoms. The molecule has 0 atom stereocenters. The number of ketones is 1. The molecule has 1 rings (SSSR count). The Kier molecular flexibility index (Phi) is 5.13. The van der Waals surface area contributed by atoms with Crippen LogP contribution < -0.4 is 0 Å². The number of benzene rings is 1. The molecule has 0 amide bonds. The molecule has 92 valence electrons. The Hall–Kier alpha value is -0.890. The molecule has 0 N–H and O–H groups in total. The maximum absolute atomic E-state index is 11.8. The van der Waals surface area contributed by atoms with E-state index in [1.165, 1.54) is 0 Å². The molecule has 1 aromatic rings. The van der Waals surface area contributed by atoms with E-state index in [1.54, 1.807) is 0 Å². The third-order valence-corrected chi connectivity index (χ3v) is 4.02. The predicted octanol–water partition coefficient (Wildman–Crippen LogP) is 4.97. The van der Waals surface area contributed by atoms with E-state index in [9.17, 15) is 4.79 Å². The summed E-state index contributed by atoms with van der Waals surface area (Å²) in [6, 6.07) is 9.45. The van der Waals surface area contributed by atoms with Crippen LogP contribution >= 0.6 is 15.9 Å². The molecule has 17 heavy (non-hydrogen) atoms. The molecule has 0 bridgehead atoms. The first kappa shape index (κ1) is 14.2. The summed E-state index contributed by atoms with van der Waals surface area (Å²) in [6.45, 7) is 6.44. The van der Waals surface area contributed by atoms with E-state index in [2.05, 4.69) is 42.8 Å². The Balaban J connectivity index is 2.51. The van der Waals surface area contributed by atoms with Gasteiger partial charge in [-0.25, -0.2) is 0 Å². The van der Waals surface area contributed by atoms with Crippen LogP contribution in [0.25, 0.3) is 0 Å². The van der Waals surface area contributed by atoms with Gasteiger partial charge < -0.3 is 0 Å². The summed E-state index contributed by atoms with van der Waals surface area (Å²) in [5, 5.41) is 0. The molecule has 0 radical (unpaired) electrons. The number of allylic oxidation sites excluding steroid dienone is 2. The second-order valence-electron chi connectivity index (χ2n) is 5.13. The maximum atomic E-state index is 11.8. The summed E-state index contributed by atoms with van der Waals surface area (Å²) < 4.78 is 1.16. The number of hydrogen-bond acceptors (Lipinski definition) is 1. The number of Topliss-reactive ketones (excluding diaryl/α,β-unsaturated/α-hetero) is 1. The molecule has 0 fully saturated rings. The Morgan fingerprint density at radius 3 is 2.35 bits per heavy atom. The van der Waals surface area contributed by atoms with Crippen molar-refractivity contribution in [2.45, 2.75) is 33.6 Å². The van der Waals surface area contributed by atoms with E-state index >= 15 is 0 Å². The summed E-state index contributed by atoms with van der Waals surface area (Å²) >= 11 is 3.55. The van der Waals surface area contributed by atoms with Crippen LogP contribution in [0.2, 0.25) is 0 Å². The van der Waals surface area contributed by atoms with Crippen molar-refractivity contribution in [3.8, 4) is 0 Å². The number of hydrogen-bond donors (Lipinski definition) is 0. The summed E-state index contributed by atoms with van der Waals surface area (Å²) in [6.07, 6.45) is 3.45. The Bertz CT molecular complexity index is 399. The van der Waals surface area contributed by atoms with Crippen molar-refractivity contribution in [3.05, 3.63) is 46.5 Å². The molecule has 0 aliphatic heterocycles. The highest BCUT2D eigenvalue weighted by molar-refractivity contribution is 9.11. The Morgan fingerprint density at radius 1 is 1.24 bits per heavy atom. The van der Waals surface area contributed by atoms with Gasteiger partial charge in [0.2, 0.25) is 0 Å². The number of carbonyl (C=O) groups excluding carboxylic acids is 1. The van der Waals surface area contributed by atoms with E-state index in [0.29, 0.717) is 6.42 Å². The molecular formula is C15H19BrO. The number of rotatable bonds is 4. The molecule has 0 aromatic heterocycles. The average molecular weight is 295 g/mol. The van der Waals surface area contributed by atoms with Gasteiger partial charge in [-0.15, -0.1) is 0 Å². The molecule has 2 heteroatoms. The van der Waals surface area contributed by atoms with Crippen LogP contribution in [-0.2, 0) is 0 Å². The van der Waals surface area contributed by atoms with Crippen molar-refractivity contribution in [1.82, 2.24) is 0 Å². The fourth-order valence-corrected chi connectivity index (χ4v) is 1.63. The number of halogens is 1. The quantitative estimate of drug-likeness (QED) is 0.716. The lowest BCUT2D eigenvalue weighted by molar-refractivity contribution is 0.0983. The summed E-state index contributed by atoms with van der Waals surface area (Å²) in [5.41, 5.74) is 0.920. The lowest BCUT2D eigenvalue weighted by Gasteiger charge is -2.17.